The Balaban J connectivity index is 1.50. The van der Waals surface area contributed by atoms with Crippen LogP contribution in [0, 0.1) is 5.82 Å². The van der Waals surface area contributed by atoms with E-state index in [9.17, 15) is 17.6 Å². The lowest BCUT2D eigenvalue weighted by molar-refractivity contribution is 0.0526. The van der Waals surface area contributed by atoms with E-state index in [1.54, 1.807) is 31.2 Å². The number of rotatable bonds is 9. The van der Waals surface area contributed by atoms with E-state index in [4.69, 9.17) is 9.47 Å². The summed E-state index contributed by atoms with van der Waals surface area (Å²) >= 11 is 0. The number of aromatic nitrogens is 2. The van der Waals surface area contributed by atoms with Crippen molar-refractivity contribution >= 4 is 16.0 Å². The van der Waals surface area contributed by atoms with Gasteiger partial charge in [0.2, 0.25) is 15.9 Å². The van der Waals surface area contributed by atoms with Crippen LogP contribution in [0.3, 0.4) is 0 Å². The first-order valence-corrected chi connectivity index (χ1v) is 10.9. The molecular weight excluding hydrogens is 425 g/mol. The lowest BCUT2D eigenvalue weighted by atomic mass is 10.1. The van der Waals surface area contributed by atoms with Crippen LogP contribution in [-0.4, -0.2) is 44.3 Å². The van der Waals surface area contributed by atoms with Crippen molar-refractivity contribution < 1.29 is 27.1 Å². The summed E-state index contributed by atoms with van der Waals surface area (Å²) in [6.45, 7) is 1.96. The van der Waals surface area contributed by atoms with Crippen molar-refractivity contribution in [2.45, 2.75) is 11.8 Å². The van der Waals surface area contributed by atoms with Crippen molar-refractivity contribution in [3.8, 4) is 17.1 Å². The Labute approximate surface area is 179 Å². The van der Waals surface area contributed by atoms with Gasteiger partial charge in [0.1, 0.15) is 12.4 Å². The van der Waals surface area contributed by atoms with E-state index in [2.05, 4.69) is 14.9 Å². The molecule has 0 radical (unpaired) electrons. The van der Waals surface area contributed by atoms with Gasteiger partial charge in [-0.3, -0.25) is 0 Å². The Kier molecular flexibility index (Phi) is 7.27. The lowest BCUT2D eigenvalue weighted by Gasteiger charge is -2.09. The molecule has 2 aromatic carbocycles. The van der Waals surface area contributed by atoms with Gasteiger partial charge in [-0.05, 0) is 61.5 Å². The monoisotopic (exact) mass is 445 g/mol. The van der Waals surface area contributed by atoms with Crippen LogP contribution >= 0.6 is 0 Å². The van der Waals surface area contributed by atoms with E-state index in [0.717, 1.165) is 0 Å². The number of hydrogen-bond acceptors (Lipinski definition) is 7. The third kappa shape index (κ3) is 6.06. The second-order valence-corrected chi connectivity index (χ2v) is 8.02. The highest BCUT2D eigenvalue weighted by Gasteiger charge is 2.15. The average molecular weight is 445 g/mol. The van der Waals surface area contributed by atoms with Crippen LogP contribution < -0.4 is 9.46 Å². The van der Waals surface area contributed by atoms with Gasteiger partial charge in [-0.25, -0.2) is 22.3 Å². The Morgan fingerprint density at radius 1 is 1.00 bits per heavy atom. The molecule has 0 unspecified atom stereocenters. The fourth-order valence-corrected chi connectivity index (χ4v) is 3.58. The zero-order chi connectivity index (χ0) is 22.3. The second-order valence-electron chi connectivity index (χ2n) is 6.25. The lowest BCUT2D eigenvalue weighted by Crippen LogP contribution is -2.28. The normalized spacial score (nSPS) is 11.2. The van der Waals surface area contributed by atoms with Gasteiger partial charge in [0.25, 0.3) is 0 Å². The van der Waals surface area contributed by atoms with Crippen molar-refractivity contribution in [3.63, 3.8) is 0 Å². The first-order chi connectivity index (χ1) is 14.9. The minimum absolute atomic E-state index is 0.00333. The van der Waals surface area contributed by atoms with Gasteiger partial charge in [0.05, 0.1) is 22.8 Å². The highest BCUT2D eigenvalue weighted by molar-refractivity contribution is 7.89. The molecule has 1 N–H and O–H groups in total. The number of sulfonamides is 1. The predicted octanol–water partition coefficient (Wildman–Crippen LogP) is 2.82. The Morgan fingerprint density at radius 3 is 2.32 bits per heavy atom. The number of carbonyl (C=O) groups excluding carboxylic acids is 1. The molecule has 1 aromatic heterocycles. The fourth-order valence-electron chi connectivity index (χ4n) is 2.57. The van der Waals surface area contributed by atoms with Crippen molar-refractivity contribution in [2.75, 3.05) is 19.8 Å². The zero-order valence-corrected chi connectivity index (χ0v) is 17.4. The Bertz CT molecular complexity index is 1120. The molecule has 3 aromatic rings. The molecule has 0 saturated carbocycles. The Hall–Kier alpha value is -3.37. The molecule has 0 aliphatic rings. The molecule has 0 saturated heterocycles. The molecule has 0 aliphatic heterocycles. The van der Waals surface area contributed by atoms with Crippen LogP contribution in [0.15, 0.2) is 65.6 Å². The van der Waals surface area contributed by atoms with Gasteiger partial charge < -0.3 is 9.47 Å². The van der Waals surface area contributed by atoms with E-state index in [-0.39, 0.29) is 41.9 Å². The van der Waals surface area contributed by atoms with E-state index >= 15 is 0 Å². The van der Waals surface area contributed by atoms with Gasteiger partial charge in [-0.2, -0.15) is 0 Å². The molecular formula is C21H20FN3O5S. The van der Waals surface area contributed by atoms with Crippen LogP contribution in [-0.2, 0) is 14.8 Å². The van der Waals surface area contributed by atoms with E-state index in [1.165, 1.54) is 36.4 Å². The summed E-state index contributed by atoms with van der Waals surface area (Å²) in [6.07, 6.45) is 0. The van der Waals surface area contributed by atoms with Gasteiger partial charge in [0.15, 0.2) is 0 Å². The SMILES string of the molecule is CCOC(=O)c1ccc(S(=O)(=O)NCCOc2ccc(-c3ccc(F)cc3)nn2)cc1. The van der Waals surface area contributed by atoms with Gasteiger partial charge in [-0.1, -0.05) is 0 Å². The standard InChI is InChI=1S/C21H20FN3O5S/c1-2-29-21(26)16-5-9-18(10-6-16)31(27,28)23-13-14-30-20-12-11-19(24-25-20)15-3-7-17(22)8-4-15/h3-12,23H,2,13-14H2,1H3. The minimum atomic E-state index is -3.76. The van der Waals surface area contributed by atoms with Crippen molar-refractivity contribution in [3.05, 3.63) is 72.0 Å². The van der Waals surface area contributed by atoms with Crippen LogP contribution in [0.4, 0.5) is 4.39 Å². The maximum atomic E-state index is 13.0. The first-order valence-electron chi connectivity index (χ1n) is 9.38. The van der Waals surface area contributed by atoms with Gasteiger partial charge >= 0.3 is 5.97 Å². The number of hydrogen-bond donors (Lipinski definition) is 1. The minimum Gasteiger partial charge on any atom is -0.475 e. The predicted molar refractivity (Wildman–Crippen MR) is 111 cm³/mol. The fraction of sp³-hybridized carbons (Fsp3) is 0.190. The van der Waals surface area contributed by atoms with Crippen molar-refractivity contribution in [1.29, 1.82) is 0 Å². The number of halogens is 1. The number of ether oxygens (including phenoxy) is 2. The number of esters is 1. The average Bonchev–Trinajstić information content (AvgIpc) is 2.78. The number of carbonyl (C=O) groups is 1. The van der Waals surface area contributed by atoms with Crippen LogP contribution in [0.25, 0.3) is 11.3 Å². The maximum absolute atomic E-state index is 13.0. The van der Waals surface area contributed by atoms with E-state index < -0.39 is 16.0 Å². The third-order valence-corrected chi connectivity index (χ3v) is 5.58. The van der Waals surface area contributed by atoms with E-state index in [1.807, 2.05) is 0 Å². The number of nitrogens with zero attached hydrogens (tertiary/aromatic N) is 2. The second kappa shape index (κ2) is 10.1. The molecule has 0 spiro atoms. The highest BCUT2D eigenvalue weighted by atomic mass is 32.2. The van der Waals surface area contributed by atoms with Gasteiger partial charge in [0, 0.05) is 18.2 Å². The molecule has 0 atom stereocenters. The van der Waals surface area contributed by atoms with Crippen molar-refractivity contribution in [1.82, 2.24) is 14.9 Å². The molecule has 1 heterocycles. The summed E-state index contributed by atoms with van der Waals surface area (Å²) < 4.78 is 50.3. The molecule has 0 aliphatic carbocycles. The molecule has 3 rings (SSSR count). The molecule has 10 heteroatoms. The molecule has 0 amide bonds. The molecule has 162 valence electrons. The smallest absolute Gasteiger partial charge is 0.338 e. The largest absolute Gasteiger partial charge is 0.475 e. The van der Waals surface area contributed by atoms with Crippen LogP contribution in [0.5, 0.6) is 5.88 Å². The Morgan fingerprint density at radius 2 is 1.71 bits per heavy atom. The third-order valence-electron chi connectivity index (χ3n) is 4.10. The highest BCUT2D eigenvalue weighted by Crippen LogP contribution is 2.18. The van der Waals surface area contributed by atoms with Crippen LogP contribution in [0.2, 0.25) is 0 Å². The number of benzene rings is 2. The maximum Gasteiger partial charge on any atom is 0.338 e. The molecule has 0 bridgehead atoms. The summed E-state index contributed by atoms with van der Waals surface area (Å²) in [6, 6.07) is 14.5. The topological polar surface area (TPSA) is 107 Å². The van der Waals surface area contributed by atoms with E-state index in [0.29, 0.717) is 11.3 Å². The molecule has 31 heavy (non-hydrogen) atoms. The summed E-state index contributed by atoms with van der Waals surface area (Å²) in [5.41, 5.74) is 1.54. The van der Waals surface area contributed by atoms with Crippen molar-refractivity contribution in [2.24, 2.45) is 0 Å². The zero-order valence-electron chi connectivity index (χ0n) is 16.6. The molecule has 0 fully saturated rings. The number of nitrogens with one attached hydrogen (secondary N) is 1. The summed E-state index contributed by atoms with van der Waals surface area (Å²) in [4.78, 5) is 11.7. The quantitative estimate of drug-likeness (QED) is 0.399. The summed E-state index contributed by atoms with van der Waals surface area (Å²) in [7, 11) is -3.76. The summed E-state index contributed by atoms with van der Waals surface area (Å²) in [5, 5.41) is 7.94. The summed E-state index contributed by atoms with van der Waals surface area (Å²) in [5.74, 6) is -0.628. The molecule has 8 nitrogen and oxygen atoms in total. The van der Waals surface area contributed by atoms with Crippen LogP contribution in [0.1, 0.15) is 17.3 Å². The van der Waals surface area contributed by atoms with Gasteiger partial charge in [-0.15, -0.1) is 10.2 Å². The first kappa shape index (κ1) is 22.3.